The summed E-state index contributed by atoms with van der Waals surface area (Å²) in [7, 11) is 4.16. The Morgan fingerprint density at radius 3 is 2.92 bits per heavy atom. The highest BCUT2D eigenvalue weighted by Crippen LogP contribution is 2.14. The number of carbonyl (C=O) groups is 1. The maximum absolute atomic E-state index is 10.2. The van der Waals surface area contributed by atoms with Crippen LogP contribution in [-0.2, 0) is 4.79 Å². The van der Waals surface area contributed by atoms with Gasteiger partial charge in [-0.15, -0.1) is 0 Å². The molecule has 1 heterocycles. The van der Waals surface area contributed by atoms with Crippen LogP contribution >= 0.6 is 0 Å². The summed E-state index contributed by atoms with van der Waals surface area (Å²) in [5, 5.41) is 0. The second kappa shape index (κ2) is 4.58. The lowest BCUT2D eigenvalue weighted by atomic mass is 10.1. The van der Waals surface area contributed by atoms with Crippen molar-refractivity contribution in [2.24, 2.45) is 5.92 Å². The predicted octanol–water partition coefficient (Wildman–Crippen LogP) is 0.0688. The molecule has 0 radical (unpaired) electrons. The highest BCUT2D eigenvalue weighted by Gasteiger charge is 2.20. The van der Waals surface area contributed by atoms with Crippen molar-refractivity contribution in [3.05, 3.63) is 0 Å². The number of rotatable bonds is 4. The van der Waals surface area contributed by atoms with Crippen molar-refractivity contribution >= 4 is 6.29 Å². The van der Waals surface area contributed by atoms with E-state index in [9.17, 15) is 4.79 Å². The summed E-state index contributed by atoms with van der Waals surface area (Å²) in [6.07, 6.45) is 2.25. The normalized spacial score (nSPS) is 25.1. The standard InChI is InChI=1S/C9H18N2O/c1-10-4-3-9(7-10)8-11(2)5-6-12/h6,9H,3-5,7-8H2,1-2H3. The molecule has 1 aliphatic heterocycles. The van der Waals surface area contributed by atoms with Crippen LogP contribution in [0.25, 0.3) is 0 Å². The number of likely N-dealkylation sites (tertiary alicyclic amines) is 1. The Kier molecular flexibility index (Phi) is 3.69. The number of aldehydes is 1. The Balaban J connectivity index is 2.18. The number of hydrogen-bond acceptors (Lipinski definition) is 3. The molecule has 70 valence electrons. The molecule has 0 saturated carbocycles. The number of nitrogens with zero attached hydrogens (tertiary/aromatic N) is 2. The molecule has 0 spiro atoms. The number of carbonyl (C=O) groups excluding carboxylic acids is 1. The summed E-state index contributed by atoms with van der Waals surface area (Å²) in [6.45, 7) is 4.02. The molecule has 0 N–H and O–H groups in total. The van der Waals surface area contributed by atoms with Gasteiger partial charge in [0, 0.05) is 13.1 Å². The quantitative estimate of drug-likeness (QED) is 0.558. The number of hydrogen-bond donors (Lipinski definition) is 0. The molecule has 1 saturated heterocycles. The maximum atomic E-state index is 10.2. The van der Waals surface area contributed by atoms with Gasteiger partial charge in [-0.1, -0.05) is 0 Å². The second-order valence-electron chi connectivity index (χ2n) is 3.80. The van der Waals surface area contributed by atoms with Crippen molar-refractivity contribution in [3.63, 3.8) is 0 Å². The van der Waals surface area contributed by atoms with Gasteiger partial charge in [-0.05, 0) is 33.0 Å². The van der Waals surface area contributed by atoms with Crippen LogP contribution in [0, 0.1) is 5.92 Å². The van der Waals surface area contributed by atoms with Crippen LogP contribution in [0.15, 0.2) is 0 Å². The molecule has 1 atom stereocenters. The first-order valence-corrected chi connectivity index (χ1v) is 4.53. The van der Waals surface area contributed by atoms with Gasteiger partial charge in [0.15, 0.2) is 0 Å². The molecule has 0 aromatic heterocycles. The molecule has 3 nitrogen and oxygen atoms in total. The van der Waals surface area contributed by atoms with Gasteiger partial charge in [-0.25, -0.2) is 0 Å². The molecule has 12 heavy (non-hydrogen) atoms. The Morgan fingerprint density at radius 2 is 2.42 bits per heavy atom. The Morgan fingerprint density at radius 1 is 1.67 bits per heavy atom. The molecule has 1 rings (SSSR count). The van der Waals surface area contributed by atoms with Gasteiger partial charge in [0.1, 0.15) is 6.29 Å². The first-order valence-electron chi connectivity index (χ1n) is 4.53. The summed E-state index contributed by atoms with van der Waals surface area (Å²) in [4.78, 5) is 14.6. The average molecular weight is 170 g/mol. The highest BCUT2D eigenvalue weighted by molar-refractivity contribution is 5.51. The van der Waals surface area contributed by atoms with E-state index in [1.165, 1.54) is 19.5 Å². The van der Waals surface area contributed by atoms with Crippen molar-refractivity contribution in [1.82, 2.24) is 9.80 Å². The zero-order chi connectivity index (χ0) is 8.97. The van der Waals surface area contributed by atoms with Crippen LogP contribution in [0.2, 0.25) is 0 Å². The molecular weight excluding hydrogens is 152 g/mol. The average Bonchev–Trinajstić information content (AvgIpc) is 2.36. The van der Waals surface area contributed by atoms with Crippen molar-refractivity contribution in [2.75, 3.05) is 40.3 Å². The third kappa shape index (κ3) is 2.91. The van der Waals surface area contributed by atoms with Crippen molar-refractivity contribution in [2.45, 2.75) is 6.42 Å². The minimum atomic E-state index is 0.570. The fraction of sp³-hybridized carbons (Fsp3) is 0.889. The Labute approximate surface area is 74.3 Å². The van der Waals surface area contributed by atoms with E-state index in [0.29, 0.717) is 6.54 Å². The Hall–Kier alpha value is -0.410. The van der Waals surface area contributed by atoms with Crippen molar-refractivity contribution in [1.29, 1.82) is 0 Å². The van der Waals surface area contributed by atoms with E-state index < -0.39 is 0 Å². The summed E-state index contributed by atoms with van der Waals surface area (Å²) in [6, 6.07) is 0. The van der Waals surface area contributed by atoms with Crippen molar-refractivity contribution < 1.29 is 4.79 Å². The monoisotopic (exact) mass is 170 g/mol. The Bertz CT molecular complexity index is 149. The fourth-order valence-corrected chi connectivity index (χ4v) is 1.82. The van der Waals surface area contributed by atoms with Gasteiger partial charge >= 0.3 is 0 Å². The van der Waals surface area contributed by atoms with E-state index in [-0.39, 0.29) is 0 Å². The first-order chi connectivity index (χ1) is 5.72. The molecule has 0 bridgehead atoms. The molecule has 0 aromatic rings. The third-order valence-electron chi connectivity index (χ3n) is 2.45. The molecular formula is C9H18N2O. The van der Waals surface area contributed by atoms with Crippen LogP contribution < -0.4 is 0 Å². The molecule has 0 aliphatic carbocycles. The fourth-order valence-electron chi connectivity index (χ4n) is 1.82. The zero-order valence-corrected chi connectivity index (χ0v) is 7.99. The van der Waals surface area contributed by atoms with Crippen LogP contribution in [0.1, 0.15) is 6.42 Å². The summed E-state index contributed by atoms with van der Waals surface area (Å²) in [5.41, 5.74) is 0. The lowest BCUT2D eigenvalue weighted by Gasteiger charge is -2.17. The molecule has 1 fully saturated rings. The van der Waals surface area contributed by atoms with Crippen LogP contribution in [0.5, 0.6) is 0 Å². The van der Waals surface area contributed by atoms with Gasteiger partial charge in [0.2, 0.25) is 0 Å². The van der Waals surface area contributed by atoms with E-state index in [0.717, 1.165) is 18.7 Å². The zero-order valence-electron chi connectivity index (χ0n) is 7.99. The van der Waals surface area contributed by atoms with Crippen LogP contribution in [0.4, 0.5) is 0 Å². The van der Waals surface area contributed by atoms with Gasteiger partial charge in [-0.2, -0.15) is 0 Å². The van der Waals surface area contributed by atoms with Gasteiger partial charge in [0.05, 0.1) is 6.54 Å². The second-order valence-corrected chi connectivity index (χ2v) is 3.80. The highest BCUT2D eigenvalue weighted by atomic mass is 16.1. The minimum absolute atomic E-state index is 0.570. The molecule has 0 aromatic carbocycles. The topological polar surface area (TPSA) is 23.6 Å². The summed E-state index contributed by atoms with van der Waals surface area (Å²) >= 11 is 0. The minimum Gasteiger partial charge on any atom is -0.306 e. The van der Waals surface area contributed by atoms with Crippen molar-refractivity contribution in [3.8, 4) is 0 Å². The largest absolute Gasteiger partial charge is 0.306 e. The van der Waals surface area contributed by atoms with Gasteiger partial charge < -0.3 is 9.69 Å². The van der Waals surface area contributed by atoms with E-state index in [1.54, 1.807) is 0 Å². The smallest absolute Gasteiger partial charge is 0.133 e. The van der Waals surface area contributed by atoms with E-state index >= 15 is 0 Å². The maximum Gasteiger partial charge on any atom is 0.133 e. The molecule has 1 aliphatic rings. The van der Waals surface area contributed by atoms with Gasteiger partial charge in [0.25, 0.3) is 0 Å². The summed E-state index contributed by atoms with van der Waals surface area (Å²) < 4.78 is 0. The summed E-state index contributed by atoms with van der Waals surface area (Å²) in [5.74, 6) is 0.764. The van der Waals surface area contributed by atoms with E-state index in [1.807, 2.05) is 7.05 Å². The number of likely N-dealkylation sites (N-methyl/N-ethyl adjacent to an activating group) is 1. The van der Waals surface area contributed by atoms with Crippen LogP contribution in [0.3, 0.4) is 0 Å². The third-order valence-corrected chi connectivity index (χ3v) is 2.45. The molecule has 3 heteroatoms. The molecule has 1 unspecified atom stereocenters. The van der Waals surface area contributed by atoms with Gasteiger partial charge in [-0.3, -0.25) is 4.90 Å². The molecule has 0 amide bonds. The van der Waals surface area contributed by atoms with E-state index in [4.69, 9.17) is 0 Å². The van der Waals surface area contributed by atoms with E-state index in [2.05, 4.69) is 16.8 Å². The lowest BCUT2D eigenvalue weighted by Crippen LogP contribution is -2.28. The van der Waals surface area contributed by atoms with Crippen LogP contribution in [-0.4, -0.2) is 56.4 Å². The first kappa shape index (κ1) is 9.68. The SMILES string of the molecule is CN(CC=O)CC1CCN(C)C1. The predicted molar refractivity (Wildman–Crippen MR) is 49.2 cm³/mol. The lowest BCUT2D eigenvalue weighted by molar-refractivity contribution is -0.108.